The normalized spacial score (nSPS) is 10.7. The monoisotopic (exact) mass is 397 g/mol. The van der Waals surface area contributed by atoms with Crippen LogP contribution < -0.4 is 9.47 Å². The number of aromatic nitrogens is 3. The lowest BCUT2D eigenvalue weighted by Gasteiger charge is -2.12. The van der Waals surface area contributed by atoms with Gasteiger partial charge >= 0.3 is 0 Å². The van der Waals surface area contributed by atoms with Gasteiger partial charge in [0.2, 0.25) is 0 Å². The molecule has 1 heterocycles. The average Bonchev–Trinajstić information content (AvgIpc) is 3.07. The summed E-state index contributed by atoms with van der Waals surface area (Å²) < 4.78 is 13.4. The van der Waals surface area contributed by atoms with Gasteiger partial charge in [-0.15, -0.1) is 10.2 Å². The molecular formula is C21H23N3O3S. The SMILES string of the molecule is CCOc1cc(C=O)ccc1OCCSc1nnc(-c2ccc(C)cc2)n1C. The second-order valence-corrected chi connectivity index (χ2v) is 7.25. The van der Waals surface area contributed by atoms with Crippen molar-refractivity contribution in [3.05, 3.63) is 53.6 Å². The first kappa shape index (κ1) is 19.9. The van der Waals surface area contributed by atoms with Gasteiger partial charge in [0.05, 0.1) is 13.2 Å². The lowest BCUT2D eigenvalue weighted by Crippen LogP contribution is -2.04. The molecule has 3 rings (SSSR count). The van der Waals surface area contributed by atoms with Crippen LogP contribution in [0.3, 0.4) is 0 Å². The highest BCUT2D eigenvalue weighted by Gasteiger charge is 2.12. The molecule has 7 heteroatoms. The Bertz CT molecular complexity index is 939. The minimum Gasteiger partial charge on any atom is -0.490 e. The van der Waals surface area contributed by atoms with Crippen molar-refractivity contribution in [2.24, 2.45) is 7.05 Å². The molecule has 0 unspecified atom stereocenters. The van der Waals surface area contributed by atoms with Gasteiger partial charge in [0.25, 0.3) is 0 Å². The van der Waals surface area contributed by atoms with E-state index < -0.39 is 0 Å². The minimum atomic E-state index is 0.484. The predicted octanol–water partition coefficient (Wildman–Crippen LogP) is 4.17. The van der Waals surface area contributed by atoms with Gasteiger partial charge in [0, 0.05) is 23.9 Å². The summed E-state index contributed by atoms with van der Waals surface area (Å²) in [5.74, 6) is 2.76. The lowest BCUT2D eigenvalue weighted by molar-refractivity contribution is 0.112. The van der Waals surface area contributed by atoms with Crippen LogP contribution in [0.2, 0.25) is 0 Å². The average molecular weight is 398 g/mol. The van der Waals surface area contributed by atoms with E-state index in [1.54, 1.807) is 30.0 Å². The van der Waals surface area contributed by atoms with Crippen molar-refractivity contribution >= 4 is 18.0 Å². The second kappa shape index (κ2) is 9.41. The molecule has 0 radical (unpaired) electrons. The van der Waals surface area contributed by atoms with E-state index in [1.165, 1.54) is 5.56 Å². The lowest BCUT2D eigenvalue weighted by atomic mass is 10.1. The smallest absolute Gasteiger partial charge is 0.191 e. The molecule has 3 aromatic rings. The first-order chi connectivity index (χ1) is 13.6. The van der Waals surface area contributed by atoms with Gasteiger partial charge in [0.15, 0.2) is 22.5 Å². The van der Waals surface area contributed by atoms with Crippen molar-refractivity contribution in [1.29, 1.82) is 0 Å². The zero-order valence-corrected chi connectivity index (χ0v) is 17.0. The summed E-state index contributed by atoms with van der Waals surface area (Å²) in [5, 5.41) is 9.43. The molecule has 0 saturated heterocycles. The Morgan fingerprint density at radius 3 is 2.57 bits per heavy atom. The maximum Gasteiger partial charge on any atom is 0.191 e. The predicted molar refractivity (Wildman–Crippen MR) is 110 cm³/mol. The maximum absolute atomic E-state index is 10.9. The molecule has 0 saturated carbocycles. The van der Waals surface area contributed by atoms with Crippen molar-refractivity contribution in [1.82, 2.24) is 14.8 Å². The third-order valence-corrected chi connectivity index (χ3v) is 5.10. The molecule has 0 aliphatic carbocycles. The molecule has 0 spiro atoms. The summed E-state index contributed by atoms with van der Waals surface area (Å²) in [4.78, 5) is 10.9. The van der Waals surface area contributed by atoms with E-state index >= 15 is 0 Å². The van der Waals surface area contributed by atoms with Crippen LogP contribution in [0.1, 0.15) is 22.8 Å². The van der Waals surface area contributed by atoms with E-state index in [9.17, 15) is 4.79 Å². The third-order valence-electron chi connectivity index (χ3n) is 4.12. The highest BCUT2D eigenvalue weighted by atomic mass is 32.2. The van der Waals surface area contributed by atoms with Gasteiger partial charge in [-0.2, -0.15) is 0 Å². The third kappa shape index (κ3) is 4.72. The van der Waals surface area contributed by atoms with Crippen molar-refractivity contribution in [2.45, 2.75) is 19.0 Å². The molecule has 2 aromatic carbocycles. The number of benzene rings is 2. The Morgan fingerprint density at radius 2 is 1.86 bits per heavy atom. The molecular weight excluding hydrogens is 374 g/mol. The van der Waals surface area contributed by atoms with Crippen molar-refractivity contribution in [2.75, 3.05) is 19.0 Å². The fourth-order valence-corrected chi connectivity index (χ4v) is 3.39. The standard InChI is InChI=1S/C21H23N3O3S/c1-4-26-19-13-16(14-25)7-10-18(19)27-11-12-28-21-23-22-20(24(21)3)17-8-5-15(2)6-9-17/h5-10,13-14H,4,11-12H2,1-3H3. The first-order valence-corrected chi connectivity index (χ1v) is 10.0. The fourth-order valence-electron chi connectivity index (χ4n) is 2.66. The first-order valence-electron chi connectivity index (χ1n) is 9.06. The summed E-state index contributed by atoms with van der Waals surface area (Å²) >= 11 is 1.58. The number of thioether (sulfide) groups is 1. The van der Waals surface area contributed by atoms with Crippen LogP contribution in [0.25, 0.3) is 11.4 Å². The molecule has 146 valence electrons. The molecule has 6 nitrogen and oxygen atoms in total. The Labute approximate surface area is 168 Å². The fraction of sp³-hybridized carbons (Fsp3) is 0.286. The minimum absolute atomic E-state index is 0.484. The Kier molecular flexibility index (Phi) is 6.71. The number of ether oxygens (including phenoxy) is 2. The van der Waals surface area contributed by atoms with Gasteiger partial charge in [-0.25, -0.2) is 0 Å². The maximum atomic E-state index is 10.9. The summed E-state index contributed by atoms with van der Waals surface area (Å²) in [5.41, 5.74) is 2.82. The summed E-state index contributed by atoms with van der Waals surface area (Å²) in [7, 11) is 1.96. The molecule has 0 atom stereocenters. The van der Waals surface area contributed by atoms with Crippen LogP contribution >= 0.6 is 11.8 Å². The van der Waals surface area contributed by atoms with E-state index in [1.807, 2.05) is 18.5 Å². The molecule has 0 amide bonds. The number of hydrogen-bond acceptors (Lipinski definition) is 6. The van der Waals surface area contributed by atoms with Gasteiger partial charge in [0.1, 0.15) is 6.29 Å². The van der Waals surface area contributed by atoms with E-state index in [0.29, 0.717) is 36.0 Å². The highest BCUT2D eigenvalue weighted by Crippen LogP contribution is 2.29. The second-order valence-electron chi connectivity index (χ2n) is 6.19. The van der Waals surface area contributed by atoms with Crippen LogP contribution in [-0.2, 0) is 7.05 Å². The van der Waals surface area contributed by atoms with E-state index in [4.69, 9.17) is 9.47 Å². The van der Waals surface area contributed by atoms with Gasteiger partial charge < -0.3 is 14.0 Å². The summed E-state index contributed by atoms with van der Waals surface area (Å²) in [6, 6.07) is 13.4. The Hall–Kier alpha value is -2.80. The molecule has 0 bridgehead atoms. The number of aldehydes is 1. The Morgan fingerprint density at radius 1 is 1.07 bits per heavy atom. The van der Waals surface area contributed by atoms with Crippen molar-refractivity contribution in [3.8, 4) is 22.9 Å². The van der Waals surface area contributed by atoms with Crippen LogP contribution in [-0.4, -0.2) is 40.0 Å². The number of rotatable bonds is 9. The molecule has 0 aliphatic rings. The molecule has 28 heavy (non-hydrogen) atoms. The highest BCUT2D eigenvalue weighted by molar-refractivity contribution is 7.99. The van der Waals surface area contributed by atoms with Gasteiger partial charge in [-0.1, -0.05) is 41.6 Å². The summed E-state index contributed by atoms with van der Waals surface area (Å²) in [6.45, 7) is 4.95. The number of carbonyl (C=O) groups excluding carboxylic acids is 1. The number of aryl methyl sites for hydroxylation is 1. The number of hydrogen-bond donors (Lipinski definition) is 0. The summed E-state index contributed by atoms with van der Waals surface area (Å²) in [6.07, 6.45) is 0.794. The largest absolute Gasteiger partial charge is 0.490 e. The van der Waals surface area contributed by atoms with E-state index in [-0.39, 0.29) is 0 Å². The van der Waals surface area contributed by atoms with Crippen LogP contribution in [0, 0.1) is 6.92 Å². The van der Waals surface area contributed by atoms with Crippen LogP contribution in [0.15, 0.2) is 47.6 Å². The number of nitrogens with zero attached hydrogens (tertiary/aromatic N) is 3. The van der Waals surface area contributed by atoms with E-state index in [0.717, 1.165) is 22.8 Å². The zero-order valence-electron chi connectivity index (χ0n) is 16.2. The van der Waals surface area contributed by atoms with Crippen LogP contribution in [0.4, 0.5) is 0 Å². The molecule has 0 N–H and O–H groups in total. The van der Waals surface area contributed by atoms with Crippen LogP contribution in [0.5, 0.6) is 11.5 Å². The molecule has 0 fully saturated rings. The van der Waals surface area contributed by atoms with Gasteiger partial charge in [-0.05, 0) is 32.0 Å². The van der Waals surface area contributed by atoms with Crippen molar-refractivity contribution < 1.29 is 14.3 Å². The zero-order chi connectivity index (χ0) is 19.9. The topological polar surface area (TPSA) is 66.2 Å². The van der Waals surface area contributed by atoms with Crippen molar-refractivity contribution in [3.63, 3.8) is 0 Å². The van der Waals surface area contributed by atoms with Gasteiger partial charge in [-0.3, -0.25) is 4.79 Å². The number of carbonyl (C=O) groups is 1. The quantitative estimate of drug-likeness (QED) is 0.307. The Balaban J connectivity index is 1.59. The van der Waals surface area contributed by atoms with E-state index in [2.05, 4.69) is 41.4 Å². The molecule has 1 aromatic heterocycles. The molecule has 0 aliphatic heterocycles.